The SMILES string of the molecule is Cc1ccc2c3cc(C(F)(F)F)ccc3n(Cc3ccccc3)c2c1. The lowest BCUT2D eigenvalue weighted by molar-refractivity contribution is -0.137. The predicted octanol–water partition coefficient (Wildman–Crippen LogP) is 6.17. The van der Waals surface area contributed by atoms with Gasteiger partial charge in [-0.1, -0.05) is 42.5 Å². The van der Waals surface area contributed by atoms with Crippen molar-refractivity contribution < 1.29 is 13.2 Å². The van der Waals surface area contributed by atoms with Gasteiger partial charge in [-0.3, -0.25) is 0 Å². The first-order valence-corrected chi connectivity index (χ1v) is 8.07. The van der Waals surface area contributed by atoms with E-state index < -0.39 is 11.7 Å². The van der Waals surface area contributed by atoms with Gasteiger partial charge in [-0.15, -0.1) is 0 Å². The normalized spacial score (nSPS) is 12.2. The Bertz CT molecular complexity index is 1060. The lowest BCUT2D eigenvalue weighted by Gasteiger charge is -2.09. The summed E-state index contributed by atoms with van der Waals surface area (Å²) < 4.78 is 41.5. The summed E-state index contributed by atoms with van der Waals surface area (Å²) in [6.45, 7) is 2.61. The van der Waals surface area contributed by atoms with E-state index in [2.05, 4.69) is 4.57 Å². The van der Waals surface area contributed by atoms with E-state index in [0.717, 1.165) is 33.6 Å². The predicted molar refractivity (Wildman–Crippen MR) is 94.7 cm³/mol. The summed E-state index contributed by atoms with van der Waals surface area (Å²) in [5.74, 6) is 0. The quantitative estimate of drug-likeness (QED) is 0.411. The number of rotatable bonds is 2. The maximum absolute atomic E-state index is 13.1. The Morgan fingerprint density at radius 3 is 2.28 bits per heavy atom. The molecule has 0 aliphatic rings. The summed E-state index contributed by atoms with van der Waals surface area (Å²) in [4.78, 5) is 0. The summed E-state index contributed by atoms with van der Waals surface area (Å²) in [6.07, 6.45) is -4.34. The van der Waals surface area contributed by atoms with Gasteiger partial charge in [0.25, 0.3) is 0 Å². The van der Waals surface area contributed by atoms with E-state index in [1.54, 1.807) is 6.07 Å². The van der Waals surface area contributed by atoms with Gasteiger partial charge in [0.15, 0.2) is 0 Å². The fraction of sp³-hybridized carbons (Fsp3) is 0.143. The maximum atomic E-state index is 13.1. The van der Waals surface area contributed by atoms with Crippen molar-refractivity contribution in [2.45, 2.75) is 19.6 Å². The van der Waals surface area contributed by atoms with Crippen LogP contribution in [0.25, 0.3) is 21.8 Å². The van der Waals surface area contributed by atoms with Crippen molar-refractivity contribution in [2.75, 3.05) is 0 Å². The van der Waals surface area contributed by atoms with Gasteiger partial charge in [0.1, 0.15) is 0 Å². The largest absolute Gasteiger partial charge is 0.416 e. The van der Waals surface area contributed by atoms with Crippen molar-refractivity contribution >= 4 is 21.8 Å². The molecule has 126 valence electrons. The summed E-state index contributed by atoms with van der Waals surface area (Å²) in [7, 11) is 0. The highest BCUT2D eigenvalue weighted by Gasteiger charge is 2.31. The Morgan fingerprint density at radius 2 is 1.56 bits per heavy atom. The second kappa shape index (κ2) is 5.66. The highest BCUT2D eigenvalue weighted by Crippen LogP contribution is 2.36. The first kappa shape index (κ1) is 15.8. The minimum atomic E-state index is -4.34. The minimum absolute atomic E-state index is 0.612. The van der Waals surface area contributed by atoms with E-state index >= 15 is 0 Å². The van der Waals surface area contributed by atoms with Crippen LogP contribution in [0, 0.1) is 6.92 Å². The van der Waals surface area contributed by atoms with E-state index in [4.69, 9.17) is 0 Å². The zero-order valence-corrected chi connectivity index (χ0v) is 13.6. The van der Waals surface area contributed by atoms with Crippen molar-refractivity contribution in [3.8, 4) is 0 Å². The average molecular weight is 339 g/mol. The number of hydrogen-bond donors (Lipinski definition) is 0. The molecular formula is C21H16F3N. The summed E-state index contributed by atoms with van der Waals surface area (Å²) >= 11 is 0. The highest BCUT2D eigenvalue weighted by molar-refractivity contribution is 6.08. The molecule has 4 heteroatoms. The molecular weight excluding hydrogens is 323 g/mol. The second-order valence-corrected chi connectivity index (χ2v) is 6.32. The number of aromatic nitrogens is 1. The van der Waals surface area contributed by atoms with Crippen LogP contribution in [-0.4, -0.2) is 4.57 Å². The molecule has 0 aliphatic carbocycles. The number of hydrogen-bond acceptors (Lipinski definition) is 0. The molecule has 0 spiro atoms. The minimum Gasteiger partial charge on any atom is -0.336 e. The maximum Gasteiger partial charge on any atom is 0.416 e. The molecule has 0 fully saturated rings. The van der Waals surface area contributed by atoms with Gasteiger partial charge in [0.2, 0.25) is 0 Å². The molecule has 0 amide bonds. The highest BCUT2D eigenvalue weighted by atomic mass is 19.4. The van der Waals surface area contributed by atoms with Gasteiger partial charge in [-0.25, -0.2) is 0 Å². The summed E-state index contributed by atoms with van der Waals surface area (Å²) in [6, 6.07) is 19.8. The molecule has 0 aliphatic heterocycles. The van der Waals surface area contributed by atoms with E-state index in [-0.39, 0.29) is 0 Å². The smallest absolute Gasteiger partial charge is 0.336 e. The number of fused-ring (bicyclic) bond motifs is 3. The molecule has 0 saturated carbocycles. The van der Waals surface area contributed by atoms with Crippen LogP contribution in [0.1, 0.15) is 16.7 Å². The Morgan fingerprint density at radius 1 is 0.800 bits per heavy atom. The number of alkyl halides is 3. The van der Waals surface area contributed by atoms with Crippen molar-refractivity contribution in [3.63, 3.8) is 0 Å². The average Bonchev–Trinajstić information content (AvgIpc) is 2.88. The van der Waals surface area contributed by atoms with Crippen LogP contribution in [0.2, 0.25) is 0 Å². The van der Waals surface area contributed by atoms with Gasteiger partial charge in [-0.05, 0) is 42.3 Å². The molecule has 1 heterocycles. The second-order valence-electron chi connectivity index (χ2n) is 6.32. The van der Waals surface area contributed by atoms with E-state index in [9.17, 15) is 13.2 Å². The van der Waals surface area contributed by atoms with Crippen LogP contribution < -0.4 is 0 Å². The van der Waals surface area contributed by atoms with Crippen LogP contribution in [-0.2, 0) is 12.7 Å². The van der Waals surface area contributed by atoms with Gasteiger partial charge in [0.05, 0.1) is 5.56 Å². The molecule has 25 heavy (non-hydrogen) atoms. The van der Waals surface area contributed by atoms with Crippen molar-refractivity contribution in [3.05, 3.63) is 83.4 Å². The zero-order chi connectivity index (χ0) is 17.6. The molecule has 1 aromatic heterocycles. The van der Waals surface area contributed by atoms with Gasteiger partial charge in [0, 0.05) is 28.4 Å². The molecule has 4 rings (SSSR count). The summed E-state index contributed by atoms with van der Waals surface area (Å²) in [5, 5.41) is 1.49. The third-order valence-electron chi connectivity index (χ3n) is 4.53. The molecule has 0 bridgehead atoms. The van der Waals surface area contributed by atoms with Crippen molar-refractivity contribution in [1.82, 2.24) is 4.57 Å². The molecule has 4 aromatic rings. The van der Waals surface area contributed by atoms with Crippen molar-refractivity contribution in [2.24, 2.45) is 0 Å². The number of aryl methyl sites for hydroxylation is 1. The Balaban J connectivity index is 2.00. The Hall–Kier alpha value is -2.75. The lowest BCUT2D eigenvalue weighted by Crippen LogP contribution is -2.04. The third kappa shape index (κ3) is 2.78. The molecule has 0 radical (unpaired) electrons. The van der Waals surface area contributed by atoms with E-state index in [1.807, 2.05) is 55.5 Å². The zero-order valence-electron chi connectivity index (χ0n) is 13.6. The number of halogens is 3. The molecule has 0 N–H and O–H groups in total. The van der Waals surface area contributed by atoms with E-state index in [1.165, 1.54) is 6.07 Å². The van der Waals surface area contributed by atoms with Gasteiger partial charge < -0.3 is 4.57 Å². The summed E-state index contributed by atoms with van der Waals surface area (Å²) in [5.41, 5.74) is 3.36. The molecule has 0 atom stereocenters. The molecule has 1 nitrogen and oxygen atoms in total. The Kier molecular flexibility index (Phi) is 3.57. The lowest BCUT2D eigenvalue weighted by atomic mass is 10.1. The first-order chi connectivity index (χ1) is 11.9. The number of benzene rings is 3. The molecule has 0 saturated heterocycles. The fourth-order valence-corrected chi connectivity index (χ4v) is 3.32. The van der Waals surface area contributed by atoms with Crippen LogP contribution in [0.4, 0.5) is 13.2 Å². The Labute approximate surface area is 143 Å². The van der Waals surface area contributed by atoms with Crippen LogP contribution >= 0.6 is 0 Å². The topological polar surface area (TPSA) is 4.93 Å². The van der Waals surface area contributed by atoms with Gasteiger partial charge >= 0.3 is 6.18 Å². The fourth-order valence-electron chi connectivity index (χ4n) is 3.32. The number of nitrogens with zero attached hydrogens (tertiary/aromatic N) is 1. The first-order valence-electron chi connectivity index (χ1n) is 8.07. The third-order valence-corrected chi connectivity index (χ3v) is 4.53. The van der Waals surface area contributed by atoms with Gasteiger partial charge in [-0.2, -0.15) is 13.2 Å². The molecule has 0 unspecified atom stereocenters. The van der Waals surface area contributed by atoms with Crippen LogP contribution in [0.5, 0.6) is 0 Å². The monoisotopic (exact) mass is 339 g/mol. The van der Waals surface area contributed by atoms with Crippen LogP contribution in [0.3, 0.4) is 0 Å². The standard InChI is InChI=1S/C21H16F3N/c1-14-7-9-17-18-12-16(21(22,23)24)8-10-19(18)25(20(17)11-14)13-15-5-3-2-4-6-15/h2-12H,13H2,1H3. The molecule has 3 aromatic carbocycles. The van der Waals surface area contributed by atoms with E-state index in [0.29, 0.717) is 11.9 Å². The van der Waals surface area contributed by atoms with Crippen molar-refractivity contribution in [1.29, 1.82) is 0 Å². The van der Waals surface area contributed by atoms with Crippen LogP contribution in [0.15, 0.2) is 66.7 Å².